The van der Waals surface area contributed by atoms with Gasteiger partial charge in [0, 0.05) is 23.4 Å². The van der Waals surface area contributed by atoms with Gasteiger partial charge in [0.25, 0.3) is 0 Å². The summed E-state index contributed by atoms with van der Waals surface area (Å²) < 4.78 is 20.7. The van der Waals surface area contributed by atoms with Gasteiger partial charge in [-0.1, -0.05) is 6.07 Å². The number of phosphoric acid groups is 1. The van der Waals surface area contributed by atoms with E-state index in [4.69, 9.17) is 28.7 Å². The lowest BCUT2D eigenvalue weighted by Gasteiger charge is -2.57. The molecule has 148 valence electrons. The Morgan fingerprint density at radius 2 is 2.04 bits per heavy atom. The van der Waals surface area contributed by atoms with Crippen LogP contribution >= 0.6 is 7.82 Å². The molecule has 0 amide bonds. The number of benzene rings is 1. The number of likely N-dealkylation sites (N-methyl/N-ethyl adjacent to an activating group) is 1. The second-order valence-corrected chi connectivity index (χ2v) is 8.82. The van der Waals surface area contributed by atoms with Crippen molar-refractivity contribution in [3.05, 3.63) is 23.3 Å². The quantitative estimate of drug-likeness (QED) is 0.601. The van der Waals surface area contributed by atoms with E-state index in [-0.39, 0.29) is 17.3 Å². The molecule has 0 aromatic heterocycles. The normalized spacial score (nSPS) is 33.5. The van der Waals surface area contributed by atoms with Crippen LogP contribution in [0.5, 0.6) is 11.5 Å². The first-order valence-corrected chi connectivity index (χ1v) is 10.6. The maximum Gasteiger partial charge on any atom is 0.466 e. The number of hydrogen-bond acceptors (Lipinski definition) is 5. The van der Waals surface area contributed by atoms with Crippen molar-refractivity contribution in [1.29, 1.82) is 0 Å². The number of methoxy groups -OCH3 is 1. The molecule has 1 spiro atoms. The molecule has 2 bridgehead atoms. The Morgan fingerprint density at radius 3 is 2.70 bits per heavy atom. The molecule has 27 heavy (non-hydrogen) atoms. The third kappa shape index (κ3) is 2.82. The standard InChI is InChI=1S/C18H21NO3.H3O4P/c1-19-8-7-18-11-4-5-13(20)17(18)22-16-14(21-2)6-3-10(15(16)18)9-12(11)19;1-5(2,3)4/h3,6,11-12,17H,4-5,7-9H2,1-2H3;(H3,1,2,3,4). The van der Waals surface area contributed by atoms with Gasteiger partial charge >= 0.3 is 7.82 Å². The molecule has 5 rings (SSSR count). The summed E-state index contributed by atoms with van der Waals surface area (Å²) in [5.41, 5.74) is 2.57. The second-order valence-electron chi connectivity index (χ2n) is 7.80. The van der Waals surface area contributed by atoms with Crippen LogP contribution in [0, 0.1) is 5.92 Å². The first-order chi connectivity index (χ1) is 12.7. The SMILES string of the molecule is COc1ccc2c3c1OC1C(=O)CCC4C(C2)N(C)CCC314.O=P(O)(O)O. The molecular formula is C18H24NO7P. The lowest BCUT2D eigenvalue weighted by Crippen LogP contribution is -2.65. The first kappa shape index (κ1) is 18.9. The van der Waals surface area contributed by atoms with Crippen molar-refractivity contribution < 1.29 is 33.5 Å². The summed E-state index contributed by atoms with van der Waals surface area (Å²) in [7, 11) is -0.727. The fraction of sp³-hybridized carbons (Fsp3) is 0.611. The van der Waals surface area contributed by atoms with Gasteiger partial charge in [-0.25, -0.2) is 4.57 Å². The lowest BCUT2D eigenvalue weighted by atomic mass is 9.52. The number of carbonyl (C=O) groups is 1. The van der Waals surface area contributed by atoms with E-state index in [2.05, 4.69) is 18.0 Å². The summed E-state index contributed by atoms with van der Waals surface area (Å²) in [6, 6.07) is 4.73. The highest BCUT2D eigenvalue weighted by molar-refractivity contribution is 7.45. The Kier molecular flexibility index (Phi) is 4.40. The summed E-state index contributed by atoms with van der Waals surface area (Å²) in [5, 5.41) is 0. The molecule has 2 heterocycles. The zero-order valence-electron chi connectivity index (χ0n) is 15.3. The maximum atomic E-state index is 12.6. The second kappa shape index (κ2) is 6.29. The molecule has 4 atom stereocenters. The number of likely N-dealkylation sites (tertiary alicyclic amines) is 1. The molecule has 1 saturated heterocycles. The number of carbonyl (C=O) groups excluding carboxylic acids is 1. The van der Waals surface area contributed by atoms with E-state index in [0.29, 0.717) is 18.4 Å². The minimum Gasteiger partial charge on any atom is -0.493 e. The van der Waals surface area contributed by atoms with Gasteiger partial charge in [-0.3, -0.25) is 4.79 Å². The monoisotopic (exact) mass is 397 g/mol. The highest BCUT2D eigenvalue weighted by atomic mass is 31.2. The van der Waals surface area contributed by atoms with Crippen LogP contribution in [0.4, 0.5) is 0 Å². The predicted octanol–water partition coefficient (Wildman–Crippen LogP) is 1.00. The molecule has 1 saturated carbocycles. The number of ether oxygens (including phenoxy) is 2. The van der Waals surface area contributed by atoms with Crippen molar-refractivity contribution in [2.75, 3.05) is 20.7 Å². The Labute approximate surface area is 157 Å². The van der Waals surface area contributed by atoms with Crippen LogP contribution in [0.15, 0.2) is 12.1 Å². The number of piperidine rings is 1. The summed E-state index contributed by atoms with van der Waals surface area (Å²) in [6.07, 6.45) is 3.47. The number of hydrogen-bond donors (Lipinski definition) is 3. The Morgan fingerprint density at radius 1 is 1.33 bits per heavy atom. The molecule has 1 aromatic rings. The zero-order valence-corrected chi connectivity index (χ0v) is 16.2. The number of nitrogens with zero attached hydrogens (tertiary/aromatic N) is 1. The average molecular weight is 397 g/mol. The fourth-order valence-corrected chi connectivity index (χ4v) is 5.67. The van der Waals surface area contributed by atoms with E-state index < -0.39 is 7.82 Å². The minimum absolute atomic E-state index is 0.0933. The fourth-order valence-electron chi connectivity index (χ4n) is 5.67. The Bertz CT molecular complexity index is 829. The van der Waals surface area contributed by atoms with E-state index in [1.807, 2.05) is 6.07 Å². The van der Waals surface area contributed by atoms with Crippen LogP contribution in [-0.2, 0) is 21.2 Å². The van der Waals surface area contributed by atoms with E-state index in [0.717, 1.165) is 37.3 Å². The molecule has 2 aliphatic carbocycles. The first-order valence-electron chi connectivity index (χ1n) is 9.05. The van der Waals surface area contributed by atoms with E-state index in [9.17, 15) is 4.79 Å². The van der Waals surface area contributed by atoms with Crippen LogP contribution in [-0.4, -0.2) is 58.2 Å². The molecule has 4 unspecified atom stereocenters. The summed E-state index contributed by atoms with van der Waals surface area (Å²) in [4.78, 5) is 36.7. The molecule has 1 aromatic carbocycles. The molecule has 2 aliphatic heterocycles. The molecule has 4 aliphatic rings. The van der Waals surface area contributed by atoms with E-state index in [1.54, 1.807) is 7.11 Å². The van der Waals surface area contributed by atoms with E-state index in [1.165, 1.54) is 11.1 Å². The van der Waals surface area contributed by atoms with Crippen LogP contribution in [0.2, 0.25) is 0 Å². The van der Waals surface area contributed by atoms with Crippen molar-refractivity contribution in [2.24, 2.45) is 5.92 Å². The number of ketones is 1. The van der Waals surface area contributed by atoms with Gasteiger partial charge < -0.3 is 29.1 Å². The van der Waals surface area contributed by atoms with Crippen LogP contribution in [0.3, 0.4) is 0 Å². The Balaban J connectivity index is 0.000000323. The van der Waals surface area contributed by atoms with Crippen LogP contribution < -0.4 is 9.47 Å². The van der Waals surface area contributed by atoms with Crippen molar-refractivity contribution in [2.45, 2.75) is 43.2 Å². The summed E-state index contributed by atoms with van der Waals surface area (Å²) in [5.74, 6) is 2.46. The third-order valence-electron chi connectivity index (χ3n) is 6.59. The van der Waals surface area contributed by atoms with Crippen molar-refractivity contribution in [1.82, 2.24) is 4.90 Å². The van der Waals surface area contributed by atoms with Crippen molar-refractivity contribution >= 4 is 13.6 Å². The maximum absolute atomic E-state index is 12.6. The van der Waals surface area contributed by atoms with Crippen LogP contribution in [0.1, 0.15) is 30.4 Å². The topological polar surface area (TPSA) is 117 Å². The molecule has 3 N–H and O–H groups in total. The van der Waals surface area contributed by atoms with E-state index >= 15 is 0 Å². The molecule has 0 radical (unpaired) electrons. The lowest BCUT2D eigenvalue weighted by molar-refractivity contribution is -0.138. The molecule has 9 heteroatoms. The van der Waals surface area contributed by atoms with Gasteiger partial charge in [0.05, 0.1) is 7.11 Å². The van der Waals surface area contributed by atoms with Crippen molar-refractivity contribution in [3.8, 4) is 11.5 Å². The third-order valence-corrected chi connectivity index (χ3v) is 6.59. The van der Waals surface area contributed by atoms with Gasteiger partial charge in [-0.2, -0.15) is 0 Å². The van der Waals surface area contributed by atoms with Gasteiger partial charge in [0.1, 0.15) is 0 Å². The summed E-state index contributed by atoms with van der Waals surface area (Å²) >= 11 is 0. The minimum atomic E-state index is -4.64. The van der Waals surface area contributed by atoms with Crippen LogP contribution in [0.25, 0.3) is 0 Å². The molecular weight excluding hydrogens is 373 g/mol. The van der Waals surface area contributed by atoms with Gasteiger partial charge in [-0.15, -0.1) is 0 Å². The van der Waals surface area contributed by atoms with Gasteiger partial charge in [0.2, 0.25) is 0 Å². The average Bonchev–Trinajstić information content (AvgIpc) is 2.93. The zero-order chi connectivity index (χ0) is 19.6. The van der Waals surface area contributed by atoms with Gasteiger partial charge in [-0.05, 0) is 50.4 Å². The smallest absolute Gasteiger partial charge is 0.466 e. The van der Waals surface area contributed by atoms with Crippen molar-refractivity contribution in [3.63, 3.8) is 0 Å². The number of rotatable bonds is 1. The summed E-state index contributed by atoms with van der Waals surface area (Å²) in [6.45, 7) is 1.05. The largest absolute Gasteiger partial charge is 0.493 e. The highest BCUT2D eigenvalue weighted by Crippen LogP contribution is 2.63. The van der Waals surface area contributed by atoms with Gasteiger partial charge in [0.15, 0.2) is 23.4 Å². The molecule has 2 fully saturated rings. The number of Topliss-reactive ketones (excluding diaryl/α,β-unsaturated/α-hetero) is 1. The molecule has 8 nitrogen and oxygen atoms in total. The highest BCUT2D eigenvalue weighted by Gasteiger charge is 2.65. The Hall–Kier alpha value is -1.44. The predicted molar refractivity (Wildman–Crippen MR) is 95.8 cm³/mol.